The van der Waals surface area contributed by atoms with E-state index in [1.54, 1.807) is 42.9 Å². The molecule has 2 aromatic carbocycles. The van der Waals surface area contributed by atoms with E-state index in [2.05, 4.69) is 0 Å². The molecule has 2 heterocycles. The number of rotatable bonds is 6. The van der Waals surface area contributed by atoms with Crippen molar-refractivity contribution >= 4 is 21.4 Å². The van der Waals surface area contributed by atoms with Crippen LogP contribution in [0.15, 0.2) is 47.3 Å². The van der Waals surface area contributed by atoms with Crippen LogP contribution in [0.2, 0.25) is 0 Å². The number of carbonyl (C=O) groups excluding carboxylic acids is 1. The van der Waals surface area contributed by atoms with Gasteiger partial charge in [0, 0.05) is 7.05 Å². The molecule has 1 aliphatic heterocycles. The maximum Gasteiger partial charge on any atom is 0.295 e. The van der Waals surface area contributed by atoms with Gasteiger partial charge in [0.05, 0.1) is 32.7 Å². The molecular formula is C23H25N3O7S. The molecule has 0 radical (unpaired) electrons. The first kappa shape index (κ1) is 23.4. The quantitative estimate of drug-likeness (QED) is 0.523. The van der Waals surface area contributed by atoms with Gasteiger partial charge < -0.3 is 14.2 Å². The summed E-state index contributed by atoms with van der Waals surface area (Å²) in [4.78, 5) is 27.7. The molecule has 180 valence electrons. The second-order valence-electron chi connectivity index (χ2n) is 7.79. The first-order chi connectivity index (χ1) is 16.2. The number of methoxy groups -OCH3 is 3. The Hall–Kier alpha value is -3.73. The van der Waals surface area contributed by atoms with Crippen LogP contribution in [0.25, 0.3) is 5.69 Å². The summed E-state index contributed by atoms with van der Waals surface area (Å²) in [6, 6.07) is 11.9. The molecule has 0 saturated carbocycles. The van der Waals surface area contributed by atoms with Crippen LogP contribution in [-0.2, 0) is 21.7 Å². The summed E-state index contributed by atoms with van der Waals surface area (Å²) in [5.41, 5.74) is 0.736. The highest BCUT2D eigenvalue weighted by atomic mass is 32.2. The number of para-hydroxylation sites is 1. The Balaban J connectivity index is 1.97. The van der Waals surface area contributed by atoms with Gasteiger partial charge in [0.25, 0.3) is 5.56 Å². The van der Waals surface area contributed by atoms with Gasteiger partial charge in [-0.15, -0.1) is 0 Å². The third-order valence-corrected chi connectivity index (χ3v) is 7.72. The van der Waals surface area contributed by atoms with Gasteiger partial charge in [-0.05, 0) is 36.8 Å². The number of ether oxygens (including phenoxy) is 3. The number of carbonyl (C=O) groups is 1. The van der Waals surface area contributed by atoms with Crippen LogP contribution in [-0.4, -0.2) is 50.8 Å². The normalized spacial score (nSPS) is 17.1. The second-order valence-corrected chi connectivity index (χ2v) is 9.85. The van der Waals surface area contributed by atoms with Crippen molar-refractivity contribution in [1.82, 2.24) is 9.36 Å². The Morgan fingerprint density at radius 1 is 0.941 bits per heavy atom. The molecule has 0 N–H and O–H groups in total. The van der Waals surface area contributed by atoms with E-state index in [-0.39, 0.29) is 28.5 Å². The monoisotopic (exact) mass is 487 g/mol. The molecule has 1 aliphatic rings. The summed E-state index contributed by atoms with van der Waals surface area (Å²) >= 11 is 0. The molecule has 10 nitrogen and oxygen atoms in total. The predicted octanol–water partition coefficient (Wildman–Crippen LogP) is 1.97. The average molecular weight is 488 g/mol. The number of hydrogen-bond acceptors (Lipinski definition) is 7. The second kappa shape index (κ2) is 8.56. The van der Waals surface area contributed by atoms with Gasteiger partial charge in [-0.3, -0.25) is 19.2 Å². The highest BCUT2D eigenvalue weighted by Gasteiger charge is 2.48. The van der Waals surface area contributed by atoms with E-state index < -0.39 is 32.4 Å². The van der Waals surface area contributed by atoms with E-state index in [1.165, 1.54) is 38.1 Å². The van der Waals surface area contributed by atoms with Crippen molar-refractivity contribution in [2.45, 2.75) is 12.3 Å². The van der Waals surface area contributed by atoms with Gasteiger partial charge in [0.2, 0.25) is 11.7 Å². The van der Waals surface area contributed by atoms with Gasteiger partial charge in [-0.2, -0.15) is 0 Å². The number of aromatic nitrogens is 2. The first-order valence-corrected chi connectivity index (χ1v) is 12.0. The molecule has 0 bridgehead atoms. The highest BCUT2D eigenvalue weighted by Crippen LogP contribution is 2.44. The fourth-order valence-corrected chi connectivity index (χ4v) is 6.02. The first-order valence-electron chi connectivity index (χ1n) is 10.3. The highest BCUT2D eigenvalue weighted by molar-refractivity contribution is 7.93. The van der Waals surface area contributed by atoms with Crippen molar-refractivity contribution in [3.63, 3.8) is 0 Å². The van der Waals surface area contributed by atoms with Crippen molar-refractivity contribution in [1.29, 1.82) is 0 Å². The fourth-order valence-electron chi connectivity index (χ4n) is 4.29. The lowest BCUT2D eigenvalue weighted by atomic mass is 10.1. The third kappa shape index (κ3) is 3.52. The lowest BCUT2D eigenvalue weighted by Gasteiger charge is -2.24. The van der Waals surface area contributed by atoms with Crippen molar-refractivity contribution in [2.24, 2.45) is 7.05 Å². The maximum atomic E-state index is 13.6. The largest absolute Gasteiger partial charge is 0.493 e. The number of hydrogen-bond donors (Lipinski definition) is 0. The van der Waals surface area contributed by atoms with E-state index in [9.17, 15) is 18.0 Å². The lowest BCUT2D eigenvalue weighted by molar-refractivity contribution is -0.115. The number of sulfone groups is 1. The Kier molecular flexibility index (Phi) is 5.90. The van der Waals surface area contributed by atoms with Crippen LogP contribution in [0, 0.1) is 6.92 Å². The molecule has 1 unspecified atom stereocenters. The zero-order chi connectivity index (χ0) is 24.8. The molecule has 1 saturated heterocycles. The smallest absolute Gasteiger partial charge is 0.295 e. The van der Waals surface area contributed by atoms with E-state index in [4.69, 9.17) is 14.2 Å². The van der Waals surface area contributed by atoms with Crippen molar-refractivity contribution in [3.8, 4) is 22.9 Å². The van der Waals surface area contributed by atoms with Crippen LogP contribution >= 0.6 is 0 Å². The molecule has 11 heteroatoms. The van der Waals surface area contributed by atoms with E-state index in [0.717, 1.165) is 4.90 Å². The summed E-state index contributed by atoms with van der Waals surface area (Å²) in [7, 11) is 1.94. The topological polar surface area (TPSA) is 109 Å². The molecule has 3 aromatic rings. The van der Waals surface area contributed by atoms with E-state index in [0.29, 0.717) is 11.4 Å². The van der Waals surface area contributed by atoms with E-state index >= 15 is 0 Å². The molecule has 1 amide bonds. The number of anilines is 1. The van der Waals surface area contributed by atoms with Gasteiger partial charge in [-0.1, -0.05) is 18.2 Å². The standard InChI is InChI=1S/C23H25N3O7S/c1-14-20(22(28)26(24(14)2)16-9-7-6-8-10-16)25-19(27)13-34(29,30)23(25)15-11-17(31-3)21(33-5)18(12-15)32-4/h6-12,23H,13H2,1-5H3. The minimum atomic E-state index is -3.99. The lowest BCUT2D eigenvalue weighted by Crippen LogP contribution is -2.34. The van der Waals surface area contributed by atoms with E-state index in [1.807, 2.05) is 6.07 Å². The van der Waals surface area contributed by atoms with Crippen LogP contribution in [0.3, 0.4) is 0 Å². The molecule has 4 rings (SSSR count). The van der Waals surface area contributed by atoms with Crippen LogP contribution < -0.4 is 24.7 Å². The predicted molar refractivity (Wildman–Crippen MR) is 126 cm³/mol. The van der Waals surface area contributed by atoms with Crippen molar-refractivity contribution in [2.75, 3.05) is 32.0 Å². The zero-order valence-electron chi connectivity index (χ0n) is 19.4. The van der Waals surface area contributed by atoms with Crippen LogP contribution in [0.1, 0.15) is 16.6 Å². The summed E-state index contributed by atoms with van der Waals surface area (Å²) in [5.74, 6) is -0.669. The summed E-state index contributed by atoms with van der Waals surface area (Å²) < 4.78 is 45.5. The number of nitrogens with zero attached hydrogens (tertiary/aromatic N) is 3. The average Bonchev–Trinajstić information content (AvgIpc) is 3.19. The van der Waals surface area contributed by atoms with Crippen molar-refractivity contribution < 1.29 is 27.4 Å². The fraction of sp³-hybridized carbons (Fsp3) is 0.304. The molecule has 34 heavy (non-hydrogen) atoms. The Bertz CT molecular complexity index is 1400. The van der Waals surface area contributed by atoms with Crippen LogP contribution in [0.4, 0.5) is 5.69 Å². The molecule has 1 atom stereocenters. The van der Waals surface area contributed by atoms with Gasteiger partial charge in [-0.25, -0.2) is 13.1 Å². The Labute approximate surface area is 196 Å². The van der Waals surface area contributed by atoms with Gasteiger partial charge in [0.15, 0.2) is 26.7 Å². The number of amides is 1. The van der Waals surface area contributed by atoms with Crippen LogP contribution in [0.5, 0.6) is 17.2 Å². The summed E-state index contributed by atoms with van der Waals surface area (Å²) in [6.07, 6.45) is 0. The minimum Gasteiger partial charge on any atom is -0.493 e. The Morgan fingerprint density at radius 2 is 1.53 bits per heavy atom. The third-order valence-electron chi connectivity index (χ3n) is 5.90. The van der Waals surface area contributed by atoms with Gasteiger partial charge >= 0.3 is 0 Å². The van der Waals surface area contributed by atoms with Crippen molar-refractivity contribution in [3.05, 3.63) is 64.1 Å². The van der Waals surface area contributed by atoms with Gasteiger partial charge in [0.1, 0.15) is 11.4 Å². The maximum absolute atomic E-state index is 13.6. The number of benzene rings is 2. The summed E-state index contributed by atoms with van der Waals surface area (Å²) in [6.45, 7) is 1.67. The summed E-state index contributed by atoms with van der Waals surface area (Å²) in [5, 5.41) is -1.44. The minimum absolute atomic E-state index is 0.00354. The zero-order valence-corrected chi connectivity index (χ0v) is 20.3. The SMILES string of the molecule is COc1cc(C2N(c3c(C)n(C)n(-c4ccccc4)c3=O)C(=O)CS2(=O)=O)cc(OC)c1OC. The molecule has 1 aromatic heterocycles. The molecule has 1 fully saturated rings. The molecule has 0 aliphatic carbocycles. The Morgan fingerprint density at radius 3 is 2.06 bits per heavy atom. The molecule has 0 spiro atoms. The molecular weight excluding hydrogens is 462 g/mol.